The Kier molecular flexibility index (Phi) is 6.50. The van der Waals surface area contributed by atoms with E-state index in [1.807, 2.05) is 13.8 Å². The van der Waals surface area contributed by atoms with Crippen molar-refractivity contribution in [1.29, 1.82) is 0 Å². The lowest BCUT2D eigenvalue weighted by atomic mass is 10.2. The SMILES string of the molecule is CC(C)C(=O)Nc1ccc(NC(=S)NC(=O)c2ccccc2Cl)cc1. The molecule has 0 atom stereocenters. The summed E-state index contributed by atoms with van der Waals surface area (Å²) in [5.74, 6) is -0.530. The van der Waals surface area contributed by atoms with Gasteiger partial charge in [0.25, 0.3) is 5.91 Å². The molecule has 25 heavy (non-hydrogen) atoms. The molecule has 2 aromatic rings. The van der Waals surface area contributed by atoms with Crippen LogP contribution in [0.1, 0.15) is 24.2 Å². The van der Waals surface area contributed by atoms with Crippen molar-refractivity contribution in [3.05, 3.63) is 59.1 Å². The van der Waals surface area contributed by atoms with Crippen molar-refractivity contribution in [2.24, 2.45) is 5.92 Å². The lowest BCUT2D eigenvalue weighted by Gasteiger charge is -2.11. The minimum atomic E-state index is -0.385. The highest BCUT2D eigenvalue weighted by Crippen LogP contribution is 2.16. The first kappa shape index (κ1) is 18.9. The number of thiocarbonyl (C=S) groups is 1. The van der Waals surface area contributed by atoms with Crippen molar-refractivity contribution in [2.75, 3.05) is 10.6 Å². The first-order valence-electron chi connectivity index (χ1n) is 7.64. The van der Waals surface area contributed by atoms with Crippen LogP contribution in [0.5, 0.6) is 0 Å². The quantitative estimate of drug-likeness (QED) is 0.705. The minimum Gasteiger partial charge on any atom is -0.332 e. The Bertz CT molecular complexity index is 791. The third-order valence-corrected chi connectivity index (χ3v) is 3.81. The summed E-state index contributed by atoms with van der Waals surface area (Å²) in [6.07, 6.45) is 0. The summed E-state index contributed by atoms with van der Waals surface area (Å²) < 4.78 is 0. The summed E-state index contributed by atoms with van der Waals surface area (Å²) in [4.78, 5) is 23.8. The lowest BCUT2D eigenvalue weighted by molar-refractivity contribution is -0.118. The van der Waals surface area contributed by atoms with E-state index < -0.39 is 0 Å². The van der Waals surface area contributed by atoms with Crippen molar-refractivity contribution in [3.63, 3.8) is 0 Å². The number of carbonyl (C=O) groups is 2. The molecule has 2 aromatic carbocycles. The van der Waals surface area contributed by atoms with E-state index in [0.717, 1.165) is 0 Å². The maximum atomic E-state index is 12.1. The van der Waals surface area contributed by atoms with Crippen LogP contribution < -0.4 is 16.0 Å². The average molecular weight is 376 g/mol. The molecule has 0 fully saturated rings. The highest BCUT2D eigenvalue weighted by molar-refractivity contribution is 7.80. The van der Waals surface area contributed by atoms with Gasteiger partial charge in [0.05, 0.1) is 10.6 Å². The van der Waals surface area contributed by atoms with E-state index in [1.54, 1.807) is 48.5 Å². The molecule has 0 saturated heterocycles. The fourth-order valence-electron chi connectivity index (χ4n) is 1.90. The maximum Gasteiger partial charge on any atom is 0.258 e. The van der Waals surface area contributed by atoms with E-state index in [2.05, 4.69) is 16.0 Å². The van der Waals surface area contributed by atoms with Gasteiger partial charge >= 0.3 is 0 Å². The number of rotatable bonds is 4. The summed E-state index contributed by atoms with van der Waals surface area (Å²) in [5.41, 5.74) is 1.72. The van der Waals surface area contributed by atoms with Crippen LogP contribution in [0.3, 0.4) is 0 Å². The van der Waals surface area contributed by atoms with Gasteiger partial charge < -0.3 is 10.6 Å². The van der Waals surface area contributed by atoms with Crippen molar-refractivity contribution in [2.45, 2.75) is 13.8 Å². The normalized spacial score (nSPS) is 10.2. The summed E-state index contributed by atoms with van der Waals surface area (Å²) >= 11 is 11.1. The lowest BCUT2D eigenvalue weighted by Crippen LogP contribution is -2.34. The van der Waals surface area contributed by atoms with Gasteiger partial charge in [0.2, 0.25) is 5.91 Å². The van der Waals surface area contributed by atoms with Crippen LogP contribution in [0.15, 0.2) is 48.5 Å². The number of halogens is 1. The molecule has 0 bridgehead atoms. The molecule has 0 aliphatic rings. The van der Waals surface area contributed by atoms with Gasteiger partial charge in [-0.2, -0.15) is 0 Å². The molecule has 130 valence electrons. The van der Waals surface area contributed by atoms with E-state index >= 15 is 0 Å². The fraction of sp³-hybridized carbons (Fsp3) is 0.167. The van der Waals surface area contributed by atoms with Gasteiger partial charge in [-0.05, 0) is 48.6 Å². The van der Waals surface area contributed by atoms with Gasteiger partial charge in [-0.1, -0.05) is 37.6 Å². The van der Waals surface area contributed by atoms with Gasteiger partial charge in [-0.25, -0.2) is 0 Å². The Morgan fingerprint density at radius 2 is 1.52 bits per heavy atom. The van der Waals surface area contributed by atoms with Gasteiger partial charge in [0, 0.05) is 17.3 Å². The standard InChI is InChI=1S/C18H18ClN3O2S/c1-11(2)16(23)20-12-7-9-13(10-8-12)21-18(25)22-17(24)14-5-3-4-6-15(14)19/h3-11H,1-2H3,(H,20,23)(H2,21,22,24,25). The molecular weight excluding hydrogens is 358 g/mol. The molecule has 0 aliphatic carbocycles. The number of benzene rings is 2. The molecule has 0 aromatic heterocycles. The topological polar surface area (TPSA) is 70.2 Å². The van der Waals surface area contributed by atoms with Crippen molar-refractivity contribution < 1.29 is 9.59 Å². The molecule has 5 nitrogen and oxygen atoms in total. The van der Waals surface area contributed by atoms with Gasteiger partial charge in [-0.15, -0.1) is 0 Å². The molecule has 2 rings (SSSR count). The summed E-state index contributed by atoms with van der Waals surface area (Å²) in [5, 5.41) is 8.79. The third kappa shape index (κ3) is 5.55. The summed E-state index contributed by atoms with van der Waals surface area (Å²) in [6.45, 7) is 3.65. The van der Waals surface area contributed by atoms with E-state index in [1.165, 1.54) is 0 Å². The molecule has 2 amide bonds. The molecule has 7 heteroatoms. The second kappa shape index (κ2) is 8.60. The molecule has 0 radical (unpaired) electrons. The third-order valence-electron chi connectivity index (χ3n) is 3.28. The van der Waals surface area contributed by atoms with Gasteiger partial charge in [0.1, 0.15) is 0 Å². The van der Waals surface area contributed by atoms with Crippen LogP contribution in [-0.2, 0) is 4.79 Å². The molecule has 0 aliphatic heterocycles. The van der Waals surface area contributed by atoms with E-state index in [9.17, 15) is 9.59 Å². The van der Waals surface area contributed by atoms with Crippen molar-refractivity contribution >= 4 is 52.1 Å². The maximum absolute atomic E-state index is 12.1. The van der Waals surface area contributed by atoms with Crippen LogP contribution >= 0.6 is 23.8 Å². The zero-order valence-corrected chi connectivity index (χ0v) is 15.4. The predicted molar refractivity (Wildman–Crippen MR) is 105 cm³/mol. The molecule has 0 heterocycles. The van der Waals surface area contributed by atoms with Crippen molar-refractivity contribution in [1.82, 2.24) is 5.32 Å². The van der Waals surface area contributed by atoms with Crippen LogP contribution in [0.2, 0.25) is 5.02 Å². The van der Waals surface area contributed by atoms with E-state index in [-0.39, 0.29) is 22.8 Å². The monoisotopic (exact) mass is 375 g/mol. The second-order valence-corrected chi connectivity index (χ2v) is 6.42. The zero-order valence-electron chi connectivity index (χ0n) is 13.8. The van der Waals surface area contributed by atoms with Crippen molar-refractivity contribution in [3.8, 4) is 0 Å². The summed E-state index contributed by atoms with van der Waals surface area (Å²) in [6, 6.07) is 13.7. The van der Waals surface area contributed by atoms with E-state index in [4.69, 9.17) is 23.8 Å². The Balaban J connectivity index is 1.93. The number of nitrogens with one attached hydrogen (secondary N) is 3. The first-order valence-corrected chi connectivity index (χ1v) is 8.43. The van der Waals surface area contributed by atoms with Crippen LogP contribution in [0.4, 0.5) is 11.4 Å². The highest BCUT2D eigenvalue weighted by atomic mass is 35.5. The zero-order chi connectivity index (χ0) is 18.4. The molecular formula is C18H18ClN3O2S. The molecule has 3 N–H and O–H groups in total. The Morgan fingerprint density at radius 1 is 0.960 bits per heavy atom. The van der Waals surface area contributed by atoms with Crippen LogP contribution in [0, 0.1) is 5.92 Å². The predicted octanol–water partition coefficient (Wildman–Crippen LogP) is 4.06. The minimum absolute atomic E-state index is 0.0526. The van der Waals surface area contributed by atoms with Gasteiger partial charge in [0.15, 0.2) is 5.11 Å². The number of hydrogen-bond acceptors (Lipinski definition) is 3. The van der Waals surface area contributed by atoms with Crippen LogP contribution in [-0.4, -0.2) is 16.9 Å². The fourth-order valence-corrected chi connectivity index (χ4v) is 2.33. The average Bonchev–Trinajstić information content (AvgIpc) is 2.56. The number of hydrogen-bond donors (Lipinski definition) is 3. The Morgan fingerprint density at radius 3 is 2.08 bits per heavy atom. The second-order valence-electron chi connectivity index (χ2n) is 5.61. The smallest absolute Gasteiger partial charge is 0.258 e. The Labute approximate surface area is 156 Å². The number of amides is 2. The summed E-state index contributed by atoms with van der Waals surface area (Å²) in [7, 11) is 0. The first-order chi connectivity index (χ1) is 11.9. The largest absolute Gasteiger partial charge is 0.332 e. The highest BCUT2D eigenvalue weighted by Gasteiger charge is 2.11. The van der Waals surface area contributed by atoms with Crippen LogP contribution in [0.25, 0.3) is 0 Å². The number of anilines is 2. The van der Waals surface area contributed by atoms with Gasteiger partial charge in [-0.3, -0.25) is 14.9 Å². The Hall–Kier alpha value is -2.44. The van der Waals surface area contributed by atoms with E-state index in [0.29, 0.717) is 22.0 Å². The molecule has 0 unspecified atom stereocenters. The molecule has 0 spiro atoms. The molecule has 0 saturated carbocycles. The number of carbonyl (C=O) groups excluding carboxylic acids is 2.